The standard InChI is InChI=1S/C14H6Br4O6S/c15-8-7(12(25(21,22)23)11(18)10(17)9(8)16)14(20)24-13(19)6-4-2-1-3-5-6/h1-5H,(H,21,22,23). The van der Waals surface area contributed by atoms with Crippen molar-refractivity contribution in [3.05, 3.63) is 59.3 Å². The van der Waals surface area contributed by atoms with Gasteiger partial charge in [-0.25, -0.2) is 9.59 Å². The Kier molecular flexibility index (Phi) is 6.60. The average Bonchev–Trinajstić information content (AvgIpc) is 2.55. The Hall–Kier alpha value is -0.590. The Labute approximate surface area is 176 Å². The van der Waals surface area contributed by atoms with Crippen LogP contribution in [0.15, 0.2) is 53.1 Å². The highest BCUT2D eigenvalue weighted by Crippen LogP contribution is 2.44. The lowest BCUT2D eigenvalue weighted by molar-refractivity contribution is 0.0393. The fourth-order valence-corrected chi connectivity index (χ4v) is 5.73. The van der Waals surface area contributed by atoms with Crippen LogP contribution in [0.3, 0.4) is 0 Å². The van der Waals surface area contributed by atoms with Crippen molar-refractivity contribution < 1.29 is 27.3 Å². The predicted molar refractivity (Wildman–Crippen MR) is 103 cm³/mol. The summed E-state index contributed by atoms with van der Waals surface area (Å²) in [6.45, 7) is 0. The molecule has 0 aliphatic carbocycles. The Morgan fingerprint density at radius 2 is 1.36 bits per heavy atom. The van der Waals surface area contributed by atoms with Gasteiger partial charge in [-0.1, -0.05) is 18.2 Å². The Bertz CT molecular complexity index is 973. The number of rotatable bonds is 3. The number of hydrogen-bond acceptors (Lipinski definition) is 5. The third-order valence-electron chi connectivity index (χ3n) is 2.88. The lowest BCUT2D eigenvalue weighted by Crippen LogP contribution is -2.18. The zero-order chi connectivity index (χ0) is 18.9. The van der Waals surface area contributed by atoms with Crippen molar-refractivity contribution in [3.63, 3.8) is 0 Å². The maximum Gasteiger partial charge on any atom is 0.348 e. The van der Waals surface area contributed by atoms with Crippen LogP contribution in [-0.4, -0.2) is 24.9 Å². The van der Waals surface area contributed by atoms with Crippen LogP contribution in [0, 0.1) is 0 Å². The van der Waals surface area contributed by atoms with E-state index in [1.807, 2.05) is 0 Å². The third kappa shape index (κ3) is 4.40. The molecule has 2 aromatic rings. The number of ether oxygens (including phenoxy) is 1. The van der Waals surface area contributed by atoms with Crippen LogP contribution in [0.1, 0.15) is 20.7 Å². The Morgan fingerprint density at radius 1 is 0.840 bits per heavy atom. The monoisotopic (exact) mass is 618 g/mol. The molecule has 2 aromatic carbocycles. The number of carbonyl (C=O) groups excluding carboxylic acids is 2. The van der Waals surface area contributed by atoms with Gasteiger partial charge >= 0.3 is 11.9 Å². The third-order valence-corrected chi connectivity index (χ3v) is 8.84. The normalized spacial score (nSPS) is 11.2. The van der Waals surface area contributed by atoms with E-state index < -0.39 is 32.5 Å². The zero-order valence-corrected chi connectivity index (χ0v) is 19.0. The topological polar surface area (TPSA) is 97.7 Å². The van der Waals surface area contributed by atoms with Crippen molar-refractivity contribution in [1.29, 1.82) is 0 Å². The molecule has 6 nitrogen and oxygen atoms in total. The van der Waals surface area contributed by atoms with E-state index in [0.29, 0.717) is 0 Å². The van der Waals surface area contributed by atoms with Crippen LogP contribution >= 0.6 is 63.7 Å². The van der Waals surface area contributed by atoms with Gasteiger partial charge in [0.05, 0.1) is 15.6 Å². The summed E-state index contributed by atoms with van der Waals surface area (Å²) < 4.78 is 38.1. The molecule has 1 N–H and O–H groups in total. The minimum absolute atomic E-state index is 0.0129. The van der Waals surface area contributed by atoms with E-state index in [9.17, 15) is 22.6 Å². The smallest absolute Gasteiger partial charge is 0.348 e. The van der Waals surface area contributed by atoms with Gasteiger partial charge < -0.3 is 4.74 Å². The first-order chi connectivity index (χ1) is 11.6. The summed E-state index contributed by atoms with van der Waals surface area (Å²) in [7, 11) is -4.81. The molecule has 0 amide bonds. The van der Waals surface area contributed by atoms with Crippen molar-refractivity contribution in [2.45, 2.75) is 4.90 Å². The van der Waals surface area contributed by atoms with Crippen molar-refractivity contribution >= 4 is 85.8 Å². The lowest BCUT2D eigenvalue weighted by atomic mass is 10.2. The second-order valence-corrected chi connectivity index (χ2v) is 9.01. The number of halogens is 4. The lowest BCUT2D eigenvalue weighted by Gasteiger charge is -2.14. The maximum atomic E-state index is 12.4. The molecule has 0 bridgehead atoms. The first-order valence-corrected chi connectivity index (χ1v) is 10.8. The van der Waals surface area contributed by atoms with E-state index in [1.54, 1.807) is 18.2 Å². The fraction of sp³-hybridized carbons (Fsp3) is 0. The van der Waals surface area contributed by atoms with Gasteiger partial charge in [-0.05, 0) is 75.9 Å². The molecular weight excluding hydrogens is 616 g/mol. The van der Waals surface area contributed by atoms with Gasteiger partial charge in [0.2, 0.25) is 0 Å². The van der Waals surface area contributed by atoms with Crippen LogP contribution in [-0.2, 0) is 14.9 Å². The number of benzene rings is 2. The van der Waals surface area contributed by atoms with Gasteiger partial charge in [0.1, 0.15) is 4.90 Å². The van der Waals surface area contributed by atoms with E-state index in [4.69, 9.17) is 4.74 Å². The van der Waals surface area contributed by atoms with Crippen molar-refractivity contribution in [2.75, 3.05) is 0 Å². The van der Waals surface area contributed by atoms with Gasteiger partial charge in [0.25, 0.3) is 10.1 Å². The first-order valence-electron chi connectivity index (χ1n) is 6.20. The molecule has 0 aromatic heterocycles. The van der Waals surface area contributed by atoms with Crippen LogP contribution in [0.5, 0.6) is 0 Å². The molecule has 0 heterocycles. The molecule has 0 fully saturated rings. The molecule has 0 unspecified atom stereocenters. The largest absolute Gasteiger partial charge is 0.386 e. The van der Waals surface area contributed by atoms with Crippen LogP contribution in [0.4, 0.5) is 0 Å². The molecule has 0 saturated carbocycles. The molecular formula is C14H6Br4O6S. The van der Waals surface area contributed by atoms with Gasteiger partial charge in [-0.15, -0.1) is 0 Å². The van der Waals surface area contributed by atoms with Crippen molar-refractivity contribution in [3.8, 4) is 0 Å². The molecule has 11 heteroatoms. The first kappa shape index (κ1) is 20.7. The zero-order valence-electron chi connectivity index (χ0n) is 11.8. The highest BCUT2D eigenvalue weighted by atomic mass is 79.9. The average molecular weight is 622 g/mol. The minimum Gasteiger partial charge on any atom is -0.386 e. The highest BCUT2D eigenvalue weighted by molar-refractivity contribution is 9.15. The Balaban J connectivity index is 2.58. The summed E-state index contributed by atoms with van der Waals surface area (Å²) in [5, 5.41) is 0. The summed E-state index contributed by atoms with van der Waals surface area (Å²) in [5.41, 5.74) is -0.427. The second-order valence-electron chi connectivity index (χ2n) is 4.48. The van der Waals surface area contributed by atoms with E-state index in [2.05, 4.69) is 63.7 Å². The summed E-state index contributed by atoms with van der Waals surface area (Å²) in [6.07, 6.45) is 0. The van der Waals surface area contributed by atoms with Gasteiger partial charge in [0, 0.05) is 13.4 Å². The van der Waals surface area contributed by atoms with E-state index >= 15 is 0 Å². The van der Waals surface area contributed by atoms with Crippen molar-refractivity contribution in [1.82, 2.24) is 0 Å². The van der Waals surface area contributed by atoms with E-state index in [0.717, 1.165) is 0 Å². The minimum atomic E-state index is -4.81. The summed E-state index contributed by atoms with van der Waals surface area (Å²) in [6, 6.07) is 7.69. The summed E-state index contributed by atoms with van der Waals surface area (Å²) in [4.78, 5) is 23.7. The van der Waals surface area contributed by atoms with Gasteiger partial charge in [0.15, 0.2) is 0 Å². The Morgan fingerprint density at radius 3 is 1.88 bits per heavy atom. The maximum absolute atomic E-state index is 12.4. The van der Waals surface area contributed by atoms with Crippen LogP contribution < -0.4 is 0 Å². The number of esters is 2. The summed E-state index contributed by atoms with van der Waals surface area (Å²) in [5.74, 6) is -2.21. The van der Waals surface area contributed by atoms with Gasteiger partial charge in [-0.3, -0.25) is 4.55 Å². The van der Waals surface area contributed by atoms with Crippen LogP contribution in [0.25, 0.3) is 0 Å². The van der Waals surface area contributed by atoms with Crippen LogP contribution in [0.2, 0.25) is 0 Å². The molecule has 0 saturated heterocycles. The molecule has 0 spiro atoms. The van der Waals surface area contributed by atoms with Gasteiger partial charge in [-0.2, -0.15) is 8.42 Å². The second kappa shape index (κ2) is 7.97. The fourth-order valence-electron chi connectivity index (χ4n) is 1.80. The molecule has 0 atom stereocenters. The molecule has 25 heavy (non-hydrogen) atoms. The number of carbonyl (C=O) groups is 2. The highest BCUT2D eigenvalue weighted by Gasteiger charge is 2.32. The predicted octanol–water partition coefficient (Wildman–Crippen LogP) is 4.98. The SMILES string of the molecule is O=C(OC(=O)c1c(Br)c(Br)c(Br)c(Br)c1S(=O)(=O)O)c1ccccc1. The molecule has 132 valence electrons. The molecule has 0 radical (unpaired) electrons. The number of hydrogen-bond donors (Lipinski definition) is 1. The molecule has 0 aliphatic heterocycles. The molecule has 0 aliphatic rings. The van der Waals surface area contributed by atoms with E-state index in [-0.39, 0.29) is 23.5 Å². The quantitative estimate of drug-likeness (QED) is 0.171. The molecule has 2 rings (SSSR count). The van der Waals surface area contributed by atoms with E-state index in [1.165, 1.54) is 12.1 Å². The summed E-state index contributed by atoms with van der Waals surface area (Å²) >= 11 is 12.4. The van der Waals surface area contributed by atoms with Crippen molar-refractivity contribution in [2.24, 2.45) is 0 Å².